The first kappa shape index (κ1) is 13.5. The highest BCUT2D eigenvalue weighted by Gasteiger charge is 2.02. The van der Waals surface area contributed by atoms with E-state index in [9.17, 15) is 0 Å². The molecule has 0 amide bonds. The first-order valence-corrected chi connectivity index (χ1v) is 6.69. The van der Waals surface area contributed by atoms with E-state index in [-0.39, 0.29) is 0 Å². The van der Waals surface area contributed by atoms with Crippen molar-refractivity contribution in [3.05, 3.63) is 28.2 Å². The average molecular weight is 286 g/mol. The van der Waals surface area contributed by atoms with E-state index in [0.29, 0.717) is 0 Å². The lowest BCUT2D eigenvalue weighted by atomic mass is 10.2. The molecule has 0 aromatic heterocycles. The maximum absolute atomic E-state index is 5.61. The molecule has 0 saturated heterocycles. The van der Waals surface area contributed by atoms with Gasteiger partial charge in [-0.25, -0.2) is 0 Å². The van der Waals surface area contributed by atoms with Gasteiger partial charge in [0.15, 0.2) is 0 Å². The molecule has 3 heteroatoms. The molecule has 0 aliphatic carbocycles. The second-order valence-electron chi connectivity index (χ2n) is 3.78. The molecule has 0 spiro atoms. The van der Waals surface area contributed by atoms with Gasteiger partial charge in [-0.1, -0.05) is 29.8 Å². The second-order valence-corrected chi connectivity index (χ2v) is 4.63. The molecule has 0 aliphatic rings. The molecule has 0 saturated carbocycles. The Morgan fingerprint density at radius 3 is 2.75 bits per heavy atom. The molecule has 0 bridgehead atoms. The van der Waals surface area contributed by atoms with Gasteiger partial charge >= 0.3 is 0 Å². The van der Waals surface area contributed by atoms with Crippen molar-refractivity contribution < 1.29 is 4.74 Å². The number of halogens is 1. The van der Waals surface area contributed by atoms with Crippen molar-refractivity contribution in [1.82, 2.24) is 5.32 Å². The van der Waals surface area contributed by atoms with E-state index in [0.717, 1.165) is 42.8 Å². The van der Waals surface area contributed by atoms with Crippen LogP contribution in [0.2, 0.25) is 0 Å². The first-order valence-electron chi connectivity index (χ1n) is 5.89. The third kappa shape index (κ3) is 4.54. The molecule has 0 aliphatic heterocycles. The summed E-state index contributed by atoms with van der Waals surface area (Å²) < 4.78 is 6.75. The number of nitrogens with one attached hydrogen (secondary N) is 1. The molecular formula is C13H20BrNO. The Morgan fingerprint density at radius 1 is 1.25 bits per heavy atom. The van der Waals surface area contributed by atoms with E-state index in [1.165, 1.54) is 5.56 Å². The second kappa shape index (κ2) is 7.69. The SMILES string of the molecule is CCCNCc1cc(OCCC)ccc1Br. The van der Waals surface area contributed by atoms with E-state index in [1.807, 2.05) is 12.1 Å². The number of hydrogen-bond donors (Lipinski definition) is 1. The predicted octanol–water partition coefficient (Wildman–Crippen LogP) is 3.74. The van der Waals surface area contributed by atoms with Crippen LogP contribution in [0.1, 0.15) is 32.3 Å². The summed E-state index contributed by atoms with van der Waals surface area (Å²) in [5.41, 5.74) is 1.25. The van der Waals surface area contributed by atoms with Crippen LogP contribution in [0.15, 0.2) is 22.7 Å². The summed E-state index contributed by atoms with van der Waals surface area (Å²) in [4.78, 5) is 0. The molecule has 1 rings (SSSR count). The molecule has 2 nitrogen and oxygen atoms in total. The fraction of sp³-hybridized carbons (Fsp3) is 0.538. The highest BCUT2D eigenvalue weighted by molar-refractivity contribution is 9.10. The fourth-order valence-electron chi connectivity index (χ4n) is 1.40. The lowest BCUT2D eigenvalue weighted by molar-refractivity contribution is 0.317. The zero-order chi connectivity index (χ0) is 11.8. The topological polar surface area (TPSA) is 21.3 Å². The zero-order valence-electron chi connectivity index (χ0n) is 10.1. The average Bonchev–Trinajstić information content (AvgIpc) is 2.30. The monoisotopic (exact) mass is 285 g/mol. The summed E-state index contributed by atoms with van der Waals surface area (Å²) in [7, 11) is 0. The van der Waals surface area contributed by atoms with Crippen LogP contribution in [-0.4, -0.2) is 13.2 Å². The van der Waals surface area contributed by atoms with Gasteiger partial charge in [0.05, 0.1) is 6.61 Å². The highest BCUT2D eigenvalue weighted by atomic mass is 79.9. The van der Waals surface area contributed by atoms with E-state index >= 15 is 0 Å². The minimum atomic E-state index is 0.781. The van der Waals surface area contributed by atoms with Crippen LogP contribution in [0.4, 0.5) is 0 Å². The molecule has 0 atom stereocenters. The standard InChI is InChI=1S/C13H20BrNO/c1-3-7-15-10-11-9-12(16-8-4-2)5-6-13(11)14/h5-6,9,15H,3-4,7-8,10H2,1-2H3. The molecule has 0 unspecified atom stereocenters. The van der Waals surface area contributed by atoms with E-state index in [4.69, 9.17) is 4.74 Å². The van der Waals surface area contributed by atoms with Crippen LogP contribution < -0.4 is 10.1 Å². The van der Waals surface area contributed by atoms with Crippen molar-refractivity contribution in [2.45, 2.75) is 33.2 Å². The van der Waals surface area contributed by atoms with Crippen LogP contribution >= 0.6 is 15.9 Å². The maximum Gasteiger partial charge on any atom is 0.119 e. The summed E-state index contributed by atoms with van der Waals surface area (Å²) in [5.74, 6) is 0.957. The smallest absolute Gasteiger partial charge is 0.119 e. The van der Waals surface area contributed by atoms with Gasteiger partial charge in [-0.2, -0.15) is 0 Å². The van der Waals surface area contributed by atoms with E-state index < -0.39 is 0 Å². The summed E-state index contributed by atoms with van der Waals surface area (Å²) in [6.45, 7) is 7.00. The molecule has 1 aromatic rings. The van der Waals surface area contributed by atoms with Crippen molar-refractivity contribution in [3.8, 4) is 5.75 Å². The summed E-state index contributed by atoms with van der Waals surface area (Å²) in [6, 6.07) is 6.15. The molecule has 0 heterocycles. The Kier molecular flexibility index (Phi) is 6.50. The quantitative estimate of drug-likeness (QED) is 0.771. The molecule has 0 fully saturated rings. The lowest BCUT2D eigenvalue weighted by Gasteiger charge is -2.09. The largest absolute Gasteiger partial charge is 0.494 e. The number of rotatable bonds is 7. The maximum atomic E-state index is 5.61. The van der Waals surface area contributed by atoms with E-state index in [2.05, 4.69) is 41.2 Å². The van der Waals surface area contributed by atoms with Gasteiger partial charge in [0.2, 0.25) is 0 Å². The van der Waals surface area contributed by atoms with Crippen LogP contribution in [0, 0.1) is 0 Å². The van der Waals surface area contributed by atoms with Gasteiger partial charge in [-0.05, 0) is 43.1 Å². The lowest BCUT2D eigenvalue weighted by Crippen LogP contribution is -2.14. The van der Waals surface area contributed by atoms with Gasteiger partial charge < -0.3 is 10.1 Å². The van der Waals surface area contributed by atoms with Gasteiger partial charge in [0.25, 0.3) is 0 Å². The molecule has 90 valence electrons. The van der Waals surface area contributed by atoms with Gasteiger partial charge in [-0.3, -0.25) is 0 Å². The number of ether oxygens (including phenoxy) is 1. The van der Waals surface area contributed by atoms with Crippen molar-refractivity contribution in [3.63, 3.8) is 0 Å². The summed E-state index contributed by atoms with van der Waals surface area (Å²) in [6.07, 6.45) is 2.20. The third-order valence-corrected chi connectivity index (χ3v) is 3.01. The molecule has 1 N–H and O–H groups in total. The molecule has 16 heavy (non-hydrogen) atoms. The third-order valence-electron chi connectivity index (χ3n) is 2.23. The van der Waals surface area contributed by atoms with Gasteiger partial charge in [-0.15, -0.1) is 0 Å². The van der Waals surface area contributed by atoms with Crippen molar-refractivity contribution in [2.24, 2.45) is 0 Å². The Hall–Kier alpha value is -0.540. The summed E-state index contributed by atoms with van der Waals surface area (Å²) >= 11 is 3.56. The van der Waals surface area contributed by atoms with Crippen LogP contribution in [0.25, 0.3) is 0 Å². The Balaban J connectivity index is 2.59. The van der Waals surface area contributed by atoms with Crippen LogP contribution in [0.3, 0.4) is 0 Å². The normalized spacial score (nSPS) is 10.4. The molecule has 1 aromatic carbocycles. The first-order chi connectivity index (χ1) is 7.77. The number of benzene rings is 1. The molecular weight excluding hydrogens is 266 g/mol. The van der Waals surface area contributed by atoms with Crippen molar-refractivity contribution in [1.29, 1.82) is 0 Å². The Morgan fingerprint density at radius 2 is 2.06 bits per heavy atom. The predicted molar refractivity (Wildman–Crippen MR) is 71.9 cm³/mol. The van der Waals surface area contributed by atoms with Crippen LogP contribution in [-0.2, 0) is 6.54 Å². The van der Waals surface area contributed by atoms with Gasteiger partial charge in [0.1, 0.15) is 5.75 Å². The van der Waals surface area contributed by atoms with Crippen molar-refractivity contribution in [2.75, 3.05) is 13.2 Å². The minimum absolute atomic E-state index is 0.781. The zero-order valence-corrected chi connectivity index (χ0v) is 11.6. The molecule has 0 radical (unpaired) electrons. The van der Waals surface area contributed by atoms with Gasteiger partial charge in [0, 0.05) is 11.0 Å². The Bertz CT molecular complexity index is 315. The van der Waals surface area contributed by atoms with Crippen LogP contribution in [0.5, 0.6) is 5.75 Å². The fourth-order valence-corrected chi connectivity index (χ4v) is 1.78. The Labute approximate surface area is 107 Å². The minimum Gasteiger partial charge on any atom is -0.494 e. The highest BCUT2D eigenvalue weighted by Crippen LogP contribution is 2.22. The van der Waals surface area contributed by atoms with Crippen molar-refractivity contribution >= 4 is 15.9 Å². The number of hydrogen-bond acceptors (Lipinski definition) is 2. The van der Waals surface area contributed by atoms with E-state index in [1.54, 1.807) is 0 Å². The summed E-state index contributed by atoms with van der Waals surface area (Å²) in [5, 5.41) is 3.39.